The van der Waals surface area contributed by atoms with Crippen molar-refractivity contribution in [1.29, 1.82) is 0 Å². The number of aromatic nitrogens is 1. The number of rotatable bonds is 3. The van der Waals surface area contributed by atoms with E-state index in [0.717, 1.165) is 10.0 Å². The van der Waals surface area contributed by atoms with Gasteiger partial charge < -0.3 is 4.42 Å². The van der Waals surface area contributed by atoms with Crippen LogP contribution in [0.25, 0.3) is 0 Å². The number of halogens is 1. The SMILES string of the molecule is Cc1occc1C(=O)Cc1cncc(Br)c1. The molecule has 0 fully saturated rings. The number of Topliss-reactive ketones (excluding diaryl/α,β-unsaturated/α-hetero) is 1. The van der Waals surface area contributed by atoms with Crippen molar-refractivity contribution in [3.63, 3.8) is 0 Å². The minimum atomic E-state index is 0.0474. The molecule has 2 heterocycles. The Morgan fingerprint density at radius 1 is 1.50 bits per heavy atom. The van der Waals surface area contributed by atoms with E-state index in [-0.39, 0.29) is 5.78 Å². The highest BCUT2D eigenvalue weighted by atomic mass is 79.9. The van der Waals surface area contributed by atoms with E-state index in [1.165, 1.54) is 6.26 Å². The molecular formula is C12H10BrNO2. The van der Waals surface area contributed by atoms with Crippen LogP contribution in [0.3, 0.4) is 0 Å². The summed E-state index contributed by atoms with van der Waals surface area (Å²) in [6, 6.07) is 3.59. The second kappa shape index (κ2) is 4.61. The summed E-state index contributed by atoms with van der Waals surface area (Å²) in [5.74, 6) is 0.708. The van der Waals surface area contributed by atoms with Crippen molar-refractivity contribution < 1.29 is 9.21 Å². The van der Waals surface area contributed by atoms with Crippen molar-refractivity contribution in [2.24, 2.45) is 0 Å². The van der Waals surface area contributed by atoms with Crippen LogP contribution in [0.5, 0.6) is 0 Å². The van der Waals surface area contributed by atoms with Crippen LogP contribution in [0.1, 0.15) is 21.7 Å². The molecule has 0 radical (unpaired) electrons. The molecule has 0 saturated carbocycles. The quantitative estimate of drug-likeness (QED) is 0.811. The molecule has 82 valence electrons. The Hall–Kier alpha value is -1.42. The fourth-order valence-electron chi connectivity index (χ4n) is 1.51. The van der Waals surface area contributed by atoms with Gasteiger partial charge in [-0.05, 0) is 40.5 Å². The molecular weight excluding hydrogens is 270 g/mol. The van der Waals surface area contributed by atoms with Gasteiger partial charge in [0, 0.05) is 23.3 Å². The highest BCUT2D eigenvalue weighted by Crippen LogP contribution is 2.15. The number of hydrogen-bond donors (Lipinski definition) is 0. The number of carbonyl (C=O) groups is 1. The van der Waals surface area contributed by atoms with E-state index in [1.54, 1.807) is 25.4 Å². The molecule has 16 heavy (non-hydrogen) atoms. The number of ketones is 1. The lowest BCUT2D eigenvalue weighted by Gasteiger charge is -2.00. The second-order valence-electron chi connectivity index (χ2n) is 3.50. The number of nitrogens with zero attached hydrogens (tertiary/aromatic N) is 1. The Morgan fingerprint density at radius 3 is 2.94 bits per heavy atom. The predicted molar refractivity (Wildman–Crippen MR) is 63.4 cm³/mol. The molecule has 0 amide bonds. The summed E-state index contributed by atoms with van der Waals surface area (Å²) in [5.41, 5.74) is 1.53. The van der Waals surface area contributed by atoms with Crippen molar-refractivity contribution in [1.82, 2.24) is 4.98 Å². The Balaban J connectivity index is 2.17. The molecule has 0 aliphatic heterocycles. The molecule has 0 unspecified atom stereocenters. The zero-order chi connectivity index (χ0) is 11.5. The lowest BCUT2D eigenvalue weighted by atomic mass is 10.1. The van der Waals surface area contributed by atoms with E-state index in [4.69, 9.17) is 4.42 Å². The molecule has 0 atom stereocenters. The number of furan rings is 1. The maximum Gasteiger partial charge on any atom is 0.170 e. The minimum absolute atomic E-state index is 0.0474. The fourth-order valence-corrected chi connectivity index (χ4v) is 1.92. The summed E-state index contributed by atoms with van der Waals surface area (Å²) in [4.78, 5) is 15.9. The normalized spacial score (nSPS) is 10.4. The molecule has 0 aliphatic carbocycles. The van der Waals surface area contributed by atoms with Gasteiger partial charge in [-0.2, -0.15) is 0 Å². The average Bonchev–Trinajstić information content (AvgIpc) is 2.64. The third kappa shape index (κ3) is 2.39. The number of aryl methyl sites for hydroxylation is 1. The van der Waals surface area contributed by atoms with Gasteiger partial charge in [0.2, 0.25) is 0 Å². The van der Waals surface area contributed by atoms with E-state index in [1.807, 2.05) is 6.07 Å². The summed E-state index contributed by atoms with van der Waals surface area (Å²) in [5, 5.41) is 0. The lowest BCUT2D eigenvalue weighted by molar-refractivity contribution is 0.0991. The number of hydrogen-bond acceptors (Lipinski definition) is 3. The van der Waals surface area contributed by atoms with Gasteiger partial charge >= 0.3 is 0 Å². The topological polar surface area (TPSA) is 43.1 Å². The fraction of sp³-hybridized carbons (Fsp3) is 0.167. The summed E-state index contributed by atoms with van der Waals surface area (Å²) >= 11 is 3.32. The number of pyridine rings is 1. The smallest absolute Gasteiger partial charge is 0.170 e. The maximum atomic E-state index is 11.9. The molecule has 0 aliphatic rings. The summed E-state index contributed by atoms with van der Waals surface area (Å²) in [7, 11) is 0. The van der Waals surface area contributed by atoms with E-state index in [0.29, 0.717) is 17.7 Å². The molecule has 2 aromatic heterocycles. The molecule has 4 heteroatoms. The van der Waals surface area contributed by atoms with E-state index < -0.39 is 0 Å². The first-order valence-electron chi connectivity index (χ1n) is 4.83. The predicted octanol–water partition coefficient (Wildman–Crippen LogP) is 3.17. The lowest BCUT2D eigenvalue weighted by Crippen LogP contribution is -2.04. The molecule has 0 bridgehead atoms. The highest BCUT2D eigenvalue weighted by molar-refractivity contribution is 9.10. The second-order valence-corrected chi connectivity index (χ2v) is 4.42. The largest absolute Gasteiger partial charge is 0.469 e. The zero-order valence-corrected chi connectivity index (χ0v) is 10.3. The first kappa shape index (κ1) is 11.1. The Morgan fingerprint density at radius 2 is 2.31 bits per heavy atom. The van der Waals surface area contributed by atoms with Gasteiger partial charge in [0.15, 0.2) is 5.78 Å². The summed E-state index contributed by atoms with van der Waals surface area (Å²) in [6.45, 7) is 1.78. The Labute approximate surface area is 102 Å². The van der Waals surface area contributed by atoms with Crippen LogP contribution < -0.4 is 0 Å². The molecule has 0 N–H and O–H groups in total. The molecule has 0 aromatic carbocycles. The first-order valence-corrected chi connectivity index (χ1v) is 5.63. The molecule has 0 spiro atoms. The Kier molecular flexibility index (Phi) is 3.19. The van der Waals surface area contributed by atoms with Crippen molar-refractivity contribution >= 4 is 21.7 Å². The van der Waals surface area contributed by atoms with Gasteiger partial charge in [-0.25, -0.2) is 0 Å². The standard InChI is InChI=1S/C12H10BrNO2/c1-8-11(2-3-16-8)12(15)5-9-4-10(13)7-14-6-9/h2-4,6-7H,5H2,1H3. The van der Waals surface area contributed by atoms with Gasteiger partial charge in [-0.1, -0.05) is 0 Å². The van der Waals surface area contributed by atoms with Gasteiger partial charge in [0.05, 0.1) is 11.8 Å². The van der Waals surface area contributed by atoms with Crippen LogP contribution in [-0.4, -0.2) is 10.8 Å². The molecule has 2 rings (SSSR count). The van der Waals surface area contributed by atoms with Crippen LogP contribution in [0, 0.1) is 6.92 Å². The van der Waals surface area contributed by atoms with Crippen LogP contribution in [0.4, 0.5) is 0 Å². The van der Waals surface area contributed by atoms with E-state index in [2.05, 4.69) is 20.9 Å². The third-order valence-corrected chi connectivity index (χ3v) is 2.72. The van der Waals surface area contributed by atoms with Crippen molar-refractivity contribution in [2.75, 3.05) is 0 Å². The maximum absolute atomic E-state index is 11.9. The summed E-state index contributed by atoms with van der Waals surface area (Å²) in [6.07, 6.45) is 5.25. The van der Waals surface area contributed by atoms with Gasteiger partial charge in [-0.3, -0.25) is 9.78 Å². The Bertz CT molecular complexity index is 519. The van der Waals surface area contributed by atoms with Crippen LogP contribution in [0.15, 0.2) is 39.7 Å². The molecule has 3 nitrogen and oxygen atoms in total. The monoisotopic (exact) mass is 279 g/mol. The van der Waals surface area contributed by atoms with Crippen molar-refractivity contribution in [3.8, 4) is 0 Å². The zero-order valence-electron chi connectivity index (χ0n) is 8.74. The average molecular weight is 280 g/mol. The van der Waals surface area contributed by atoms with E-state index in [9.17, 15) is 4.79 Å². The first-order chi connectivity index (χ1) is 7.66. The van der Waals surface area contributed by atoms with Crippen molar-refractivity contribution in [2.45, 2.75) is 13.3 Å². The third-order valence-electron chi connectivity index (χ3n) is 2.29. The van der Waals surface area contributed by atoms with Crippen molar-refractivity contribution in [3.05, 3.63) is 52.1 Å². The van der Waals surface area contributed by atoms with Gasteiger partial charge in [-0.15, -0.1) is 0 Å². The van der Waals surface area contributed by atoms with Crippen LogP contribution in [-0.2, 0) is 6.42 Å². The minimum Gasteiger partial charge on any atom is -0.469 e. The molecule has 2 aromatic rings. The molecule has 0 saturated heterocycles. The van der Waals surface area contributed by atoms with Gasteiger partial charge in [0.25, 0.3) is 0 Å². The van der Waals surface area contributed by atoms with Gasteiger partial charge in [0.1, 0.15) is 5.76 Å². The summed E-state index contributed by atoms with van der Waals surface area (Å²) < 4.78 is 5.98. The van der Waals surface area contributed by atoms with Crippen LogP contribution >= 0.6 is 15.9 Å². The van der Waals surface area contributed by atoms with E-state index >= 15 is 0 Å². The number of carbonyl (C=O) groups excluding carboxylic acids is 1. The van der Waals surface area contributed by atoms with Crippen LogP contribution in [0.2, 0.25) is 0 Å². The highest BCUT2D eigenvalue weighted by Gasteiger charge is 2.12.